The average Bonchev–Trinajstić information content (AvgIpc) is 2.69. The maximum Gasteiger partial charge on any atom is 0.271 e. The molecule has 3 rings (SSSR count). The fraction of sp³-hybridized carbons (Fsp3) is 0.227. The Morgan fingerprint density at radius 3 is 2.68 bits per heavy atom. The minimum atomic E-state index is -0.382. The van der Waals surface area contributed by atoms with Gasteiger partial charge in [0.1, 0.15) is 17.6 Å². The summed E-state index contributed by atoms with van der Waals surface area (Å²) in [4.78, 5) is 24.7. The van der Waals surface area contributed by atoms with Crippen molar-refractivity contribution < 1.29 is 13.9 Å². The van der Waals surface area contributed by atoms with Crippen molar-refractivity contribution in [2.45, 2.75) is 20.8 Å². The molecule has 0 aliphatic rings. The highest BCUT2D eigenvalue weighted by Gasteiger charge is 2.07. The zero-order valence-electron chi connectivity index (χ0n) is 16.1. The van der Waals surface area contributed by atoms with Crippen molar-refractivity contribution in [1.29, 1.82) is 0 Å². The molecule has 1 N–H and O–H groups in total. The lowest BCUT2D eigenvalue weighted by molar-refractivity contribution is 0.0955. The number of hydrazone groups is 1. The predicted octanol–water partition coefficient (Wildman–Crippen LogP) is 3.90. The molecule has 144 valence electrons. The first kappa shape index (κ1) is 19.4. The summed E-state index contributed by atoms with van der Waals surface area (Å²) >= 11 is 0. The molecule has 0 bridgehead atoms. The van der Waals surface area contributed by atoms with Gasteiger partial charge in [-0.15, -0.1) is 0 Å². The lowest BCUT2D eigenvalue weighted by Gasteiger charge is -2.08. The molecular formula is C22H22N2O4. The van der Waals surface area contributed by atoms with Gasteiger partial charge < -0.3 is 9.15 Å². The van der Waals surface area contributed by atoms with E-state index in [1.54, 1.807) is 36.4 Å². The van der Waals surface area contributed by atoms with Gasteiger partial charge in [-0.05, 0) is 49.2 Å². The van der Waals surface area contributed by atoms with Crippen molar-refractivity contribution in [3.63, 3.8) is 0 Å². The van der Waals surface area contributed by atoms with Crippen LogP contribution in [0.1, 0.15) is 35.3 Å². The number of carbonyl (C=O) groups excluding carboxylic acids is 1. The number of rotatable bonds is 6. The van der Waals surface area contributed by atoms with Gasteiger partial charge in [0, 0.05) is 5.56 Å². The molecule has 6 heteroatoms. The van der Waals surface area contributed by atoms with Crippen LogP contribution < -0.4 is 15.6 Å². The van der Waals surface area contributed by atoms with E-state index in [4.69, 9.17) is 9.15 Å². The summed E-state index contributed by atoms with van der Waals surface area (Å²) in [5.74, 6) is 0.750. The van der Waals surface area contributed by atoms with E-state index in [1.165, 1.54) is 12.5 Å². The molecule has 0 aliphatic heterocycles. The molecule has 0 radical (unpaired) electrons. The van der Waals surface area contributed by atoms with Crippen LogP contribution in [0.15, 0.2) is 63.0 Å². The zero-order chi connectivity index (χ0) is 20.1. The molecule has 0 spiro atoms. The highest BCUT2D eigenvalue weighted by atomic mass is 16.5. The number of nitrogens with zero attached hydrogens (tertiary/aromatic N) is 1. The summed E-state index contributed by atoms with van der Waals surface area (Å²) in [6.07, 6.45) is 2.61. The second-order valence-electron chi connectivity index (χ2n) is 6.95. The molecule has 28 heavy (non-hydrogen) atoms. The first-order valence-corrected chi connectivity index (χ1v) is 9.02. The summed E-state index contributed by atoms with van der Waals surface area (Å²) in [6, 6.07) is 12.2. The molecule has 6 nitrogen and oxygen atoms in total. The van der Waals surface area contributed by atoms with Crippen LogP contribution in [0.4, 0.5) is 0 Å². The molecule has 0 unspecified atom stereocenters. The Kier molecular flexibility index (Phi) is 5.89. The predicted molar refractivity (Wildman–Crippen MR) is 109 cm³/mol. The topological polar surface area (TPSA) is 80.9 Å². The van der Waals surface area contributed by atoms with Crippen molar-refractivity contribution in [3.8, 4) is 5.75 Å². The molecule has 1 heterocycles. The summed E-state index contributed by atoms with van der Waals surface area (Å²) in [5, 5.41) is 4.35. The van der Waals surface area contributed by atoms with Gasteiger partial charge in [0.2, 0.25) is 5.43 Å². The number of hydrogen-bond acceptors (Lipinski definition) is 5. The Hall–Kier alpha value is -3.41. The van der Waals surface area contributed by atoms with E-state index in [0.29, 0.717) is 34.8 Å². The largest absolute Gasteiger partial charge is 0.493 e. The minimum absolute atomic E-state index is 0.199. The zero-order valence-corrected chi connectivity index (χ0v) is 16.1. The smallest absolute Gasteiger partial charge is 0.271 e. The number of fused-ring (bicyclic) bond motifs is 1. The van der Waals surface area contributed by atoms with Crippen LogP contribution in [-0.2, 0) is 0 Å². The van der Waals surface area contributed by atoms with Crippen LogP contribution >= 0.6 is 0 Å². The molecule has 0 saturated heterocycles. The van der Waals surface area contributed by atoms with E-state index < -0.39 is 0 Å². The van der Waals surface area contributed by atoms with Crippen LogP contribution in [0, 0.1) is 12.8 Å². The van der Waals surface area contributed by atoms with Gasteiger partial charge in [0.05, 0.1) is 23.8 Å². The normalized spacial score (nSPS) is 11.3. The monoisotopic (exact) mass is 378 g/mol. The van der Waals surface area contributed by atoms with Crippen molar-refractivity contribution >= 4 is 23.1 Å². The van der Waals surface area contributed by atoms with Gasteiger partial charge in [0.15, 0.2) is 0 Å². The van der Waals surface area contributed by atoms with Crippen molar-refractivity contribution in [3.05, 3.63) is 75.6 Å². The van der Waals surface area contributed by atoms with Gasteiger partial charge in [-0.1, -0.05) is 25.5 Å². The molecule has 2 aromatic carbocycles. The van der Waals surface area contributed by atoms with Gasteiger partial charge in [-0.25, -0.2) is 5.43 Å². The molecule has 1 aromatic heterocycles. The fourth-order valence-corrected chi connectivity index (χ4v) is 2.54. The summed E-state index contributed by atoms with van der Waals surface area (Å²) in [7, 11) is 0. The van der Waals surface area contributed by atoms with Gasteiger partial charge in [0.25, 0.3) is 5.91 Å². The molecule has 1 amide bonds. The maximum atomic E-state index is 12.5. The highest BCUT2D eigenvalue weighted by Crippen LogP contribution is 2.14. The van der Waals surface area contributed by atoms with Crippen molar-refractivity contribution in [2.75, 3.05) is 6.61 Å². The van der Waals surface area contributed by atoms with Crippen LogP contribution in [0.5, 0.6) is 5.75 Å². The van der Waals surface area contributed by atoms with Crippen LogP contribution in [0.3, 0.4) is 0 Å². The SMILES string of the molecule is Cc1ccc2occ(/C=N/NC(=O)c3ccc(OCC(C)C)cc3)c(=O)c2c1. The number of benzene rings is 2. The third kappa shape index (κ3) is 4.65. The standard InChI is InChI=1S/C22H22N2O4/c1-14(2)12-27-18-7-5-16(6-8-18)22(26)24-23-11-17-13-28-20-9-4-15(3)10-19(20)21(17)25/h4-11,13-14H,12H2,1-3H3,(H,24,26)/b23-11+. The first-order chi connectivity index (χ1) is 13.4. The summed E-state index contributed by atoms with van der Waals surface area (Å²) in [5.41, 5.74) is 4.39. The third-order valence-electron chi connectivity index (χ3n) is 4.02. The molecule has 3 aromatic rings. The Morgan fingerprint density at radius 2 is 1.96 bits per heavy atom. The molecule has 0 aliphatic carbocycles. The Morgan fingerprint density at radius 1 is 1.21 bits per heavy atom. The van der Waals surface area contributed by atoms with E-state index in [1.807, 2.05) is 13.0 Å². The molecule has 0 fully saturated rings. The number of ether oxygens (including phenoxy) is 1. The van der Waals surface area contributed by atoms with E-state index >= 15 is 0 Å². The van der Waals surface area contributed by atoms with Crippen LogP contribution in [0.2, 0.25) is 0 Å². The van der Waals surface area contributed by atoms with Crippen molar-refractivity contribution in [1.82, 2.24) is 5.43 Å². The maximum absolute atomic E-state index is 12.5. The third-order valence-corrected chi connectivity index (χ3v) is 4.02. The van der Waals surface area contributed by atoms with E-state index in [-0.39, 0.29) is 16.9 Å². The first-order valence-electron chi connectivity index (χ1n) is 9.02. The lowest BCUT2D eigenvalue weighted by Crippen LogP contribution is -2.18. The molecular weight excluding hydrogens is 356 g/mol. The summed E-state index contributed by atoms with van der Waals surface area (Å²) < 4.78 is 11.0. The second-order valence-corrected chi connectivity index (χ2v) is 6.95. The quantitative estimate of drug-likeness (QED) is 0.521. The number of amides is 1. The van der Waals surface area contributed by atoms with E-state index in [0.717, 1.165) is 5.56 Å². The summed E-state index contributed by atoms with van der Waals surface area (Å²) in [6.45, 7) is 6.65. The molecule has 0 saturated carbocycles. The Labute approximate surface area is 162 Å². The number of nitrogens with one attached hydrogen (secondary N) is 1. The van der Waals surface area contributed by atoms with Gasteiger partial charge in [-0.3, -0.25) is 9.59 Å². The van der Waals surface area contributed by atoms with Crippen molar-refractivity contribution in [2.24, 2.45) is 11.0 Å². The number of aryl methyl sites for hydroxylation is 1. The second kappa shape index (κ2) is 8.52. The number of carbonyl (C=O) groups is 1. The molecule has 0 atom stereocenters. The van der Waals surface area contributed by atoms with E-state index in [9.17, 15) is 9.59 Å². The van der Waals surface area contributed by atoms with Gasteiger partial charge in [-0.2, -0.15) is 5.10 Å². The van der Waals surface area contributed by atoms with Crippen LogP contribution in [0.25, 0.3) is 11.0 Å². The fourth-order valence-electron chi connectivity index (χ4n) is 2.54. The Balaban J connectivity index is 1.67. The minimum Gasteiger partial charge on any atom is -0.493 e. The highest BCUT2D eigenvalue weighted by molar-refractivity contribution is 5.95. The van der Waals surface area contributed by atoms with Crippen LogP contribution in [-0.4, -0.2) is 18.7 Å². The average molecular weight is 378 g/mol. The van der Waals surface area contributed by atoms with Gasteiger partial charge >= 0.3 is 0 Å². The number of hydrogen-bond donors (Lipinski definition) is 1. The lowest BCUT2D eigenvalue weighted by atomic mass is 10.1. The Bertz CT molecular complexity index is 1070. The van der Waals surface area contributed by atoms with E-state index in [2.05, 4.69) is 24.4 Å².